The fourth-order valence-corrected chi connectivity index (χ4v) is 10.2. The molecule has 2 aliphatic heterocycles. The molecule has 10 nitrogen and oxygen atoms in total. The third kappa shape index (κ3) is 12.0. The number of rotatable bonds is 15. The Morgan fingerprint density at radius 3 is 0.792 bits per heavy atom. The number of hydrogen-bond donors (Lipinski definition) is 1. The molecule has 0 saturated carbocycles. The first-order chi connectivity index (χ1) is 45.8. The minimum atomic E-state index is -2.67. The van der Waals surface area contributed by atoms with E-state index in [2.05, 4.69) is 0 Å². The van der Waals surface area contributed by atoms with E-state index >= 15 is 17.6 Å². The molecule has 0 amide bonds. The highest BCUT2D eigenvalue weighted by molar-refractivity contribution is 6.09. The van der Waals surface area contributed by atoms with E-state index in [4.69, 9.17) is 37.9 Å². The van der Waals surface area contributed by atoms with Gasteiger partial charge in [-0.3, -0.25) is 4.79 Å². The van der Waals surface area contributed by atoms with Crippen molar-refractivity contribution < 1.29 is 127 Å². The van der Waals surface area contributed by atoms with Gasteiger partial charge in [0.15, 0.2) is 75.6 Å². The van der Waals surface area contributed by atoms with Crippen LogP contribution in [0.5, 0.6) is 46.0 Å². The molecule has 12 rings (SSSR count). The topological polar surface area (TPSA) is 111 Å². The summed E-state index contributed by atoms with van der Waals surface area (Å²) in [5.74, 6) is -51.3. The molecule has 0 atom stereocenters. The van der Waals surface area contributed by atoms with Crippen LogP contribution in [0.2, 0.25) is 0 Å². The normalized spacial score (nSPS) is 13.9. The molecule has 494 valence electrons. The smallest absolute Gasteiger partial charge is 0.222 e. The maximum Gasteiger partial charge on any atom is 0.222 e. The second kappa shape index (κ2) is 26.7. The van der Waals surface area contributed by atoms with E-state index in [1.54, 1.807) is 72.8 Å². The molecule has 10 aromatic rings. The van der Waals surface area contributed by atoms with Crippen molar-refractivity contribution in [1.82, 2.24) is 0 Å². The van der Waals surface area contributed by atoms with Crippen LogP contribution in [0.3, 0.4) is 0 Å². The van der Waals surface area contributed by atoms with Gasteiger partial charge >= 0.3 is 0 Å². The minimum absolute atomic E-state index is 0.0182. The maximum atomic E-state index is 15.1. The number of carbonyl (C=O) groups is 1. The molecule has 0 aliphatic carbocycles. The molecule has 96 heavy (non-hydrogen) atoms. The number of phenolic OH excluding ortho intramolecular Hbond substituents is 1. The molecule has 10 aromatic carbocycles. The molecule has 1 N–H and O–H groups in total. The molecule has 2 aliphatic rings. The molecule has 0 unspecified atom stereocenters. The van der Waals surface area contributed by atoms with Crippen LogP contribution in [0.15, 0.2) is 146 Å². The third-order valence-electron chi connectivity index (χ3n) is 14.8. The summed E-state index contributed by atoms with van der Waals surface area (Å²) in [6.45, 7) is 0.734. The first kappa shape index (κ1) is 66.9. The van der Waals surface area contributed by atoms with Gasteiger partial charge in [0.25, 0.3) is 0 Å². The summed E-state index contributed by atoms with van der Waals surface area (Å²) < 4.78 is 302. The van der Waals surface area contributed by atoms with E-state index in [0.29, 0.717) is 50.6 Å². The van der Waals surface area contributed by atoms with Gasteiger partial charge in [0.05, 0.1) is 55.8 Å². The molecule has 2 fully saturated rings. The van der Waals surface area contributed by atoms with Gasteiger partial charge in [-0.15, -0.1) is 0 Å². The molecule has 0 spiro atoms. The highest BCUT2D eigenvalue weighted by Crippen LogP contribution is 2.46. The number of halogens is 18. The number of aromatic hydroxyl groups is 1. The zero-order chi connectivity index (χ0) is 68.8. The second-order valence-electron chi connectivity index (χ2n) is 20.4. The quantitative estimate of drug-likeness (QED) is 0.0461. The van der Waals surface area contributed by atoms with E-state index in [0.717, 1.165) is 24.3 Å². The molecular weight excluding hydrogens is 1320 g/mol. The molecule has 2 heterocycles. The van der Waals surface area contributed by atoms with E-state index in [1.807, 2.05) is 0 Å². The van der Waals surface area contributed by atoms with Gasteiger partial charge in [-0.2, -0.15) is 17.6 Å². The molecule has 2 saturated heterocycles. The predicted octanol–water partition coefficient (Wildman–Crippen LogP) is 18.0. The van der Waals surface area contributed by atoms with Crippen LogP contribution in [0.1, 0.15) is 38.2 Å². The SMILES string of the molecule is COc1ccc(C(=O)c2ccc(Oc3ccc(C4(c5ccc(Oc6c(F)c(F)c(-c7c(F)c(F)c(F)c(F)c7F)c(F)c6F)cc5)OCCO4)cc3)cc2)cc1.Oc1ccc(C2(c3ccc(Oc4c(F)c(F)c(-c5c(F)c(F)c(F)c(F)c5F)c(F)c4F)cc3)OCCO2)cc1. The standard InChI is InChI=1S/C41H23F9O6.C27H13F9O4/c1-52-24-10-2-20(3-11-24)39(51)21-4-12-25(13-5-21)55-26-14-6-22(7-15-26)41(53-18-19-54-41)23-8-16-27(17-9-23)56-40-37(49)32(44)29(33(45)38(40)50)28-30(42)34(46)36(48)35(47)31(28)43;28-17-15(18(29)22(33)23(34)21(17)32)16-19(30)24(35)26(25(36)20(16)31)40-14-7-3-12(4-8-14)27(38-9-10-39-27)11-1-5-13(37)6-2-11/h2-17H,18-19H2,1H3;1-8,37H,9-10H2. The number of ether oxygens (including phenoxy) is 8. The van der Waals surface area contributed by atoms with Gasteiger partial charge in [-0.1, -0.05) is 0 Å². The van der Waals surface area contributed by atoms with Gasteiger partial charge in [0.2, 0.25) is 58.0 Å². The number of benzene rings is 10. The van der Waals surface area contributed by atoms with Gasteiger partial charge in [-0.25, -0.2) is 61.5 Å². The number of phenols is 1. The minimum Gasteiger partial charge on any atom is -0.508 e. The lowest BCUT2D eigenvalue weighted by Crippen LogP contribution is -2.28. The summed E-state index contributed by atoms with van der Waals surface area (Å²) in [5, 5.41) is 9.56. The monoisotopic (exact) mass is 1350 g/mol. The molecular formula is C68H36F18O10. The van der Waals surface area contributed by atoms with Crippen LogP contribution in [0.25, 0.3) is 22.3 Å². The molecule has 0 aromatic heterocycles. The molecule has 0 bridgehead atoms. The van der Waals surface area contributed by atoms with Gasteiger partial charge < -0.3 is 43.0 Å². The zero-order valence-electron chi connectivity index (χ0n) is 48.1. The summed E-state index contributed by atoms with van der Waals surface area (Å²) in [6, 6.07) is 35.7. The highest BCUT2D eigenvalue weighted by atomic mass is 19.2. The van der Waals surface area contributed by atoms with Crippen molar-refractivity contribution in [3.63, 3.8) is 0 Å². The van der Waals surface area contributed by atoms with Crippen molar-refractivity contribution in [2.45, 2.75) is 11.6 Å². The Morgan fingerprint density at radius 2 is 0.521 bits per heavy atom. The third-order valence-corrected chi connectivity index (χ3v) is 14.8. The number of carbonyl (C=O) groups excluding carboxylic acids is 1. The Balaban J connectivity index is 0.000000206. The van der Waals surface area contributed by atoms with Gasteiger partial charge in [0.1, 0.15) is 34.5 Å². The summed E-state index contributed by atoms with van der Waals surface area (Å²) in [6.07, 6.45) is 0. The Hall–Kier alpha value is -10.6. The average molecular weight is 1350 g/mol. The first-order valence-electron chi connectivity index (χ1n) is 27.6. The summed E-state index contributed by atoms with van der Waals surface area (Å²) in [4.78, 5) is 12.9. The lowest BCUT2D eigenvalue weighted by atomic mass is 9.97. The van der Waals surface area contributed by atoms with Crippen LogP contribution < -0.4 is 18.9 Å². The van der Waals surface area contributed by atoms with E-state index < -0.39 is 150 Å². The van der Waals surface area contributed by atoms with Crippen LogP contribution >= 0.6 is 0 Å². The van der Waals surface area contributed by atoms with E-state index in [-0.39, 0.29) is 49.5 Å². The Labute approximate surface area is 528 Å². The maximum absolute atomic E-state index is 15.1. The van der Waals surface area contributed by atoms with Crippen LogP contribution in [0, 0.1) is 105 Å². The Morgan fingerprint density at radius 1 is 0.302 bits per heavy atom. The van der Waals surface area contributed by atoms with Crippen molar-refractivity contribution in [3.8, 4) is 68.2 Å². The van der Waals surface area contributed by atoms with E-state index in [1.165, 1.54) is 55.6 Å². The van der Waals surface area contributed by atoms with Crippen molar-refractivity contribution in [3.05, 3.63) is 284 Å². The number of hydrogen-bond acceptors (Lipinski definition) is 10. The Bertz CT molecular complexity index is 4530. The predicted molar refractivity (Wildman–Crippen MR) is 299 cm³/mol. The largest absolute Gasteiger partial charge is 0.508 e. The van der Waals surface area contributed by atoms with Crippen molar-refractivity contribution in [2.75, 3.05) is 33.5 Å². The summed E-state index contributed by atoms with van der Waals surface area (Å²) in [7, 11) is 1.53. The number of ketones is 1. The number of methoxy groups -OCH3 is 1. The molecule has 28 heteroatoms. The van der Waals surface area contributed by atoms with Crippen LogP contribution in [-0.4, -0.2) is 44.4 Å². The lowest BCUT2D eigenvalue weighted by Gasteiger charge is -2.28. The van der Waals surface area contributed by atoms with Crippen LogP contribution in [0.4, 0.5) is 79.0 Å². The van der Waals surface area contributed by atoms with Gasteiger partial charge in [0, 0.05) is 33.4 Å². The van der Waals surface area contributed by atoms with Gasteiger partial charge in [-0.05, 0) is 146 Å². The first-order valence-corrected chi connectivity index (χ1v) is 27.6. The highest BCUT2D eigenvalue weighted by Gasteiger charge is 2.43. The Kier molecular flexibility index (Phi) is 18.6. The summed E-state index contributed by atoms with van der Waals surface area (Å²) >= 11 is 0. The fourth-order valence-electron chi connectivity index (χ4n) is 10.2. The average Bonchev–Trinajstić information content (AvgIpc) is 0.932. The molecule has 0 radical (unpaired) electrons. The van der Waals surface area contributed by atoms with E-state index in [9.17, 15) is 71.4 Å². The summed E-state index contributed by atoms with van der Waals surface area (Å²) in [5.41, 5.74) is -6.08. The zero-order valence-corrected chi connectivity index (χ0v) is 48.1. The fraction of sp³-hybridized carbons (Fsp3) is 0.103. The van der Waals surface area contributed by atoms with Crippen molar-refractivity contribution in [2.24, 2.45) is 0 Å². The van der Waals surface area contributed by atoms with Crippen LogP contribution in [-0.2, 0) is 30.5 Å². The second-order valence-corrected chi connectivity index (χ2v) is 20.4. The van der Waals surface area contributed by atoms with Crippen molar-refractivity contribution >= 4 is 5.78 Å². The van der Waals surface area contributed by atoms with Crippen molar-refractivity contribution in [1.29, 1.82) is 0 Å². The lowest BCUT2D eigenvalue weighted by molar-refractivity contribution is -0.130.